The van der Waals surface area contributed by atoms with Gasteiger partial charge in [0.15, 0.2) is 0 Å². The zero-order chi connectivity index (χ0) is 11.4. The second-order valence-corrected chi connectivity index (χ2v) is 4.29. The highest BCUT2D eigenvalue weighted by atomic mass is 79.9. The Hall–Kier alpha value is -0.580. The molecule has 1 aromatic carbocycles. The van der Waals surface area contributed by atoms with Gasteiger partial charge in [-0.05, 0) is 43.0 Å². The van der Waals surface area contributed by atoms with Crippen LogP contribution in [0.3, 0.4) is 0 Å². The summed E-state index contributed by atoms with van der Waals surface area (Å²) in [6.07, 6.45) is 0.777. The van der Waals surface area contributed by atoms with Crippen molar-refractivity contribution in [2.75, 3.05) is 13.7 Å². The van der Waals surface area contributed by atoms with Crippen molar-refractivity contribution in [3.63, 3.8) is 0 Å². The van der Waals surface area contributed by atoms with E-state index in [9.17, 15) is 0 Å². The van der Waals surface area contributed by atoms with Crippen molar-refractivity contribution < 1.29 is 9.57 Å². The van der Waals surface area contributed by atoms with Gasteiger partial charge in [0.05, 0.1) is 13.7 Å². The first kappa shape index (κ1) is 12.5. The first-order chi connectivity index (χ1) is 7.11. The average Bonchev–Trinajstić information content (AvgIpc) is 2.17. The molecule has 0 saturated heterocycles. The molecule has 0 aromatic heterocycles. The maximum absolute atomic E-state index is 5.36. The van der Waals surface area contributed by atoms with Crippen molar-refractivity contribution in [1.29, 1.82) is 0 Å². The molecular weight excluding hydrogens is 258 g/mol. The predicted molar refractivity (Wildman–Crippen MR) is 64.0 cm³/mol. The summed E-state index contributed by atoms with van der Waals surface area (Å²) in [7, 11) is 1.69. The number of nitrogens with two attached hydrogens (primary N) is 1. The van der Waals surface area contributed by atoms with Crippen LogP contribution in [0.15, 0.2) is 10.5 Å². The highest BCUT2D eigenvalue weighted by Crippen LogP contribution is 2.32. The number of hydrogen-bond donors (Lipinski definition) is 1. The van der Waals surface area contributed by atoms with Crippen molar-refractivity contribution in [1.82, 2.24) is 0 Å². The molecule has 0 amide bonds. The van der Waals surface area contributed by atoms with Gasteiger partial charge in [0.25, 0.3) is 0 Å². The van der Waals surface area contributed by atoms with Gasteiger partial charge in [0.1, 0.15) is 5.75 Å². The minimum absolute atomic E-state index is 0.506. The van der Waals surface area contributed by atoms with E-state index >= 15 is 0 Å². The molecule has 2 N–H and O–H groups in total. The van der Waals surface area contributed by atoms with E-state index in [4.69, 9.17) is 10.6 Å². The van der Waals surface area contributed by atoms with Crippen molar-refractivity contribution in [3.05, 3.63) is 27.2 Å². The molecule has 0 atom stereocenters. The number of methoxy groups -OCH3 is 1. The Morgan fingerprint density at radius 2 is 2.07 bits per heavy atom. The van der Waals surface area contributed by atoms with Crippen LogP contribution >= 0.6 is 15.9 Å². The Balaban J connectivity index is 3.14. The van der Waals surface area contributed by atoms with E-state index in [2.05, 4.69) is 26.8 Å². The maximum Gasteiger partial charge on any atom is 0.125 e. The van der Waals surface area contributed by atoms with E-state index in [1.54, 1.807) is 7.11 Å². The highest BCUT2D eigenvalue weighted by molar-refractivity contribution is 9.10. The summed E-state index contributed by atoms with van der Waals surface area (Å²) in [4.78, 5) is 4.60. The lowest BCUT2D eigenvalue weighted by Crippen LogP contribution is -2.06. The monoisotopic (exact) mass is 273 g/mol. The molecular formula is C11H16BrNO2. The van der Waals surface area contributed by atoms with E-state index in [0.29, 0.717) is 6.61 Å². The van der Waals surface area contributed by atoms with Gasteiger partial charge in [-0.25, -0.2) is 5.90 Å². The van der Waals surface area contributed by atoms with Crippen LogP contribution in [0.1, 0.15) is 16.7 Å². The largest absolute Gasteiger partial charge is 0.496 e. The Bertz CT molecular complexity index is 353. The van der Waals surface area contributed by atoms with Crippen LogP contribution in [0.2, 0.25) is 0 Å². The van der Waals surface area contributed by atoms with Crippen molar-refractivity contribution in [3.8, 4) is 5.75 Å². The second kappa shape index (κ2) is 5.49. The van der Waals surface area contributed by atoms with Gasteiger partial charge in [-0.1, -0.05) is 15.9 Å². The molecule has 15 heavy (non-hydrogen) atoms. The summed E-state index contributed by atoms with van der Waals surface area (Å²) in [6, 6.07) is 2.05. The van der Waals surface area contributed by atoms with Crippen LogP contribution in [-0.2, 0) is 11.3 Å². The second-order valence-electron chi connectivity index (χ2n) is 3.43. The minimum atomic E-state index is 0.506. The number of rotatable bonds is 4. The fourth-order valence-corrected chi connectivity index (χ4v) is 2.58. The lowest BCUT2D eigenvalue weighted by Gasteiger charge is -2.14. The first-order valence-electron chi connectivity index (χ1n) is 4.76. The quantitative estimate of drug-likeness (QED) is 0.858. The molecule has 3 nitrogen and oxygen atoms in total. The third-order valence-corrected chi connectivity index (χ3v) is 3.16. The third-order valence-electron chi connectivity index (χ3n) is 2.46. The Labute approximate surface area is 98.6 Å². The molecule has 0 aliphatic heterocycles. The van der Waals surface area contributed by atoms with E-state index in [-0.39, 0.29) is 0 Å². The third kappa shape index (κ3) is 2.71. The zero-order valence-electron chi connectivity index (χ0n) is 9.26. The summed E-state index contributed by atoms with van der Waals surface area (Å²) >= 11 is 3.54. The summed E-state index contributed by atoms with van der Waals surface area (Å²) < 4.78 is 6.44. The summed E-state index contributed by atoms with van der Waals surface area (Å²) in [5, 5.41) is 0. The van der Waals surface area contributed by atoms with E-state index in [0.717, 1.165) is 27.8 Å². The first-order valence-corrected chi connectivity index (χ1v) is 5.55. The molecule has 0 heterocycles. The lowest BCUT2D eigenvalue weighted by atomic mass is 10.0. The molecule has 4 heteroatoms. The fraction of sp³-hybridized carbons (Fsp3) is 0.455. The normalized spacial score (nSPS) is 10.5. The number of hydrogen-bond acceptors (Lipinski definition) is 3. The van der Waals surface area contributed by atoms with Crippen molar-refractivity contribution >= 4 is 15.9 Å². The number of halogens is 1. The number of aryl methyl sites for hydroxylation is 1. The van der Waals surface area contributed by atoms with Crippen molar-refractivity contribution in [2.24, 2.45) is 5.90 Å². The standard InChI is InChI=1S/C11H16BrNO2/c1-7-6-10(12)9(4-5-15-13)8(2)11(7)14-3/h6H,4-5,13H2,1-3H3. The summed E-state index contributed by atoms with van der Waals surface area (Å²) in [5.41, 5.74) is 3.45. The van der Waals surface area contributed by atoms with Gasteiger partial charge < -0.3 is 9.57 Å². The van der Waals surface area contributed by atoms with Crippen LogP contribution in [-0.4, -0.2) is 13.7 Å². The molecule has 0 radical (unpaired) electrons. The molecule has 0 unspecified atom stereocenters. The van der Waals surface area contributed by atoms with Gasteiger partial charge in [-0.2, -0.15) is 0 Å². The molecule has 1 aromatic rings. The average molecular weight is 274 g/mol. The predicted octanol–water partition coefficient (Wildman–Crippen LogP) is 2.51. The van der Waals surface area contributed by atoms with E-state index in [1.807, 2.05) is 13.8 Å². The molecule has 0 bridgehead atoms. The number of benzene rings is 1. The molecule has 1 rings (SSSR count). The molecule has 0 aliphatic carbocycles. The van der Waals surface area contributed by atoms with E-state index in [1.165, 1.54) is 5.56 Å². The smallest absolute Gasteiger partial charge is 0.125 e. The highest BCUT2D eigenvalue weighted by Gasteiger charge is 2.11. The molecule has 0 fully saturated rings. The topological polar surface area (TPSA) is 44.5 Å². The zero-order valence-corrected chi connectivity index (χ0v) is 10.8. The SMILES string of the molecule is COc1c(C)cc(Br)c(CCON)c1C. The summed E-state index contributed by atoms with van der Waals surface area (Å²) in [6.45, 7) is 4.58. The number of ether oxygens (including phenoxy) is 1. The van der Waals surface area contributed by atoms with Crippen LogP contribution < -0.4 is 10.6 Å². The van der Waals surface area contributed by atoms with Gasteiger partial charge in [0, 0.05) is 4.47 Å². The van der Waals surface area contributed by atoms with Gasteiger partial charge in [0.2, 0.25) is 0 Å². The van der Waals surface area contributed by atoms with Crippen molar-refractivity contribution in [2.45, 2.75) is 20.3 Å². The Morgan fingerprint density at radius 1 is 1.40 bits per heavy atom. The molecule has 0 aliphatic rings. The lowest BCUT2D eigenvalue weighted by molar-refractivity contribution is 0.141. The summed E-state index contributed by atoms with van der Waals surface area (Å²) in [5.74, 6) is 5.97. The van der Waals surface area contributed by atoms with E-state index < -0.39 is 0 Å². The maximum atomic E-state index is 5.36. The van der Waals surface area contributed by atoms with Crippen LogP contribution in [0.5, 0.6) is 5.75 Å². The van der Waals surface area contributed by atoms with Crippen LogP contribution in [0.4, 0.5) is 0 Å². The molecule has 0 spiro atoms. The van der Waals surface area contributed by atoms with Gasteiger partial charge in [-0.3, -0.25) is 0 Å². The van der Waals surface area contributed by atoms with Crippen LogP contribution in [0, 0.1) is 13.8 Å². The Kier molecular flexibility index (Phi) is 4.57. The van der Waals surface area contributed by atoms with Crippen LogP contribution in [0.25, 0.3) is 0 Å². The van der Waals surface area contributed by atoms with Gasteiger partial charge >= 0.3 is 0 Å². The Morgan fingerprint density at radius 3 is 2.60 bits per heavy atom. The molecule has 0 saturated carbocycles. The van der Waals surface area contributed by atoms with Gasteiger partial charge in [-0.15, -0.1) is 0 Å². The minimum Gasteiger partial charge on any atom is -0.496 e. The molecule has 84 valence electrons. The fourth-order valence-electron chi connectivity index (χ4n) is 1.74.